The minimum Gasteiger partial charge on any atom is -0.493 e. The molecule has 2 N–H and O–H groups in total. The molecule has 0 bridgehead atoms. The maximum atomic E-state index is 8.50. The number of hydrogen-bond donors (Lipinski definition) is 1. The van der Waals surface area contributed by atoms with Gasteiger partial charge in [-0.1, -0.05) is 19.1 Å². The molecule has 0 heterocycles. The van der Waals surface area contributed by atoms with Crippen LogP contribution in [0.3, 0.4) is 0 Å². The monoisotopic (exact) mass is 204 g/mol. The van der Waals surface area contributed by atoms with Gasteiger partial charge in [0.2, 0.25) is 0 Å². The van der Waals surface area contributed by atoms with Gasteiger partial charge >= 0.3 is 0 Å². The van der Waals surface area contributed by atoms with Crippen LogP contribution in [-0.4, -0.2) is 13.2 Å². The summed E-state index contributed by atoms with van der Waals surface area (Å²) in [6.07, 6.45) is 0.444. The molecular formula is C12H16N2O. The standard InChI is InChI=1S/C12H16N2O/c1-10(8-14)9-15-12-4-2-11(3-5-12)6-7-13/h2-5,10H,6,8-9,14H2,1H3. The lowest BCUT2D eigenvalue weighted by Crippen LogP contribution is -2.18. The quantitative estimate of drug-likeness (QED) is 0.794. The van der Waals surface area contributed by atoms with E-state index in [1.54, 1.807) is 0 Å². The molecule has 1 atom stereocenters. The number of benzene rings is 1. The van der Waals surface area contributed by atoms with Gasteiger partial charge in [-0.15, -0.1) is 0 Å². The zero-order chi connectivity index (χ0) is 11.1. The third kappa shape index (κ3) is 4.01. The Hall–Kier alpha value is -1.53. The molecule has 0 saturated carbocycles. The van der Waals surface area contributed by atoms with E-state index in [4.69, 9.17) is 15.7 Å². The first kappa shape index (κ1) is 11.5. The Kier molecular flexibility index (Phi) is 4.65. The van der Waals surface area contributed by atoms with Crippen LogP contribution in [0.4, 0.5) is 0 Å². The number of nitrogens with two attached hydrogens (primary N) is 1. The third-order valence-electron chi connectivity index (χ3n) is 2.14. The molecule has 0 aromatic heterocycles. The van der Waals surface area contributed by atoms with Gasteiger partial charge in [-0.2, -0.15) is 5.26 Å². The van der Waals surface area contributed by atoms with Gasteiger partial charge in [0.25, 0.3) is 0 Å². The van der Waals surface area contributed by atoms with Crippen molar-refractivity contribution < 1.29 is 4.74 Å². The molecule has 1 aromatic carbocycles. The van der Waals surface area contributed by atoms with Crippen molar-refractivity contribution in [3.63, 3.8) is 0 Å². The molecule has 3 heteroatoms. The van der Waals surface area contributed by atoms with Crippen molar-refractivity contribution in [1.29, 1.82) is 5.26 Å². The van der Waals surface area contributed by atoms with E-state index in [1.807, 2.05) is 31.2 Å². The average molecular weight is 204 g/mol. The molecule has 0 saturated heterocycles. The summed E-state index contributed by atoms with van der Waals surface area (Å²) in [7, 11) is 0. The highest BCUT2D eigenvalue weighted by Crippen LogP contribution is 2.13. The van der Waals surface area contributed by atoms with Gasteiger partial charge in [0, 0.05) is 5.92 Å². The Labute approximate surface area is 90.5 Å². The smallest absolute Gasteiger partial charge is 0.119 e. The van der Waals surface area contributed by atoms with Crippen LogP contribution in [0.5, 0.6) is 5.75 Å². The molecule has 0 aliphatic heterocycles. The predicted octanol–water partition coefficient (Wildman–Crippen LogP) is 1.73. The van der Waals surface area contributed by atoms with Crippen LogP contribution in [0.25, 0.3) is 0 Å². The predicted molar refractivity (Wildman–Crippen MR) is 59.5 cm³/mol. The van der Waals surface area contributed by atoms with E-state index >= 15 is 0 Å². The minimum absolute atomic E-state index is 0.365. The number of nitriles is 1. The molecule has 0 radical (unpaired) electrons. The van der Waals surface area contributed by atoms with E-state index in [0.29, 0.717) is 25.5 Å². The highest BCUT2D eigenvalue weighted by Gasteiger charge is 2.00. The van der Waals surface area contributed by atoms with Gasteiger partial charge in [-0.25, -0.2) is 0 Å². The molecule has 0 amide bonds. The SMILES string of the molecule is CC(CN)COc1ccc(CC#N)cc1. The fraction of sp³-hybridized carbons (Fsp3) is 0.417. The molecule has 1 unspecified atom stereocenters. The average Bonchev–Trinajstić information content (AvgIpc) is 2.28. The lowest BCUT2D eigenvalue weighted by molar-refractivity contribution is 0.264. The van der Waals surface area contributed by atoms with Crippen LogP contribution in [0.2, 0.25) is 0 Å². The maximum absolute atomic E-state index is 8.50. The second-order valence-electron chi connectivity index (χ2n) is 3.63. The van der Waals surface area contributed by atoms with E-state index < -0.39 is 0 Å². The maximum Gasteiger partial charge on any atom is 0.119 e. The van der Waals surface area contributed by atoms with Crippen molar-refractivity contribution in [2.75, 3.05) is 13.2 Å². The number of rotatable bonds is 5. The summed E-state index contributed by atoms with van der Waals surface area (Å²) in [4.78, 5) is 0. The molecule has 1 rings (SSSR count). The summed E-state index contributed by atoms with van der Waals surface area (Å²) < 4.78 is 5.53. The van der Waals surface area contributed by atoms with Gasteiger partial charge in [-0.05, 0) is 24.2 Å². The molecule has 80 valence electrons. The van der Waals surface area contributed by atoms with E-state index in [9.17, 15) is 0 Å². The number of ether oxygens (including phenoxy) is 1. The van der Waals surface area contributed by atoms with Crippen molar-refractivity contribution >= 4 is 0 Å². The van der Waals surface area contributed by atoms with Crippen LogP contribution in [0, 0.1) is 17.2 Å². The fourth-order valence-electron chi connectivity index (χ4n) is 1.10. The largest absolute Gasteiger partial charge is 0.493 e. The van der Waals surface area contributed by atoms with Crippen LogP contribution in [-0.2, 0) is 6.42 Å². The third-order valence-corrected chi connectivity index (χ3v) is 2.14. The van der Waals surface area contributed by atoms with Crippen LogP contribution in [0.1, 0.15) is 12.5 Å². The topological polar surface area (TPSA) is 59.0 Å². The van der Waals surface area contributed by atoms with Crippen molar-refractivity contribution in [2.45, 2.75) is 13.3 Å². The molecule has 3 nitrogen and oxygen atoms in total. The molecule has 1 aromatic rings. The second kappa shape index (κ2) is 6.05. The zero-order valence-corrected chi connectivity index (χ0v) is 8.94. The summed E-state index contributed by atoms with van der Waals surface area (Å²) >= 11 is 0. The number of hydrogen-bond acceptors (Lipinski definition) is 3. The van der Waals surface area contributed by atoms with Crippen LogP contribution < -0.4 is 10.5 Å². The molecular weight excluding hydrogens is 188 g/mol. The Morgan fingerprint density at radius 3 is 2.60 bits per heavy atom. The summed E-state index contributed by atoms with van der Waals surface area (Å²) in [5.41, 5.74) is 6.49. The Bertz CT molecular complexity index is 326. The first-order chi connectivity index (χ1) is 7.26. The summed E-state index contributed by atoms with van der Waals surface area (Å²) in [5.74, 6) is 1.20. The summed E-state index contributed by atoms with van der Waals surface area (Å²) in [5, 5.41) is 8.50. The highest BCUT2D eigenvalue weighted by molar-refractivity contribution is 5.28. The molecule has 0 fully saturated rings. The fourth-order valence-corrected chi connectivity index (χ4v) is 1.10. The molecule has 0 aliphatic carbocycles. The van der Waals surface area contributed by atoms with Gasteiger partial charge < -0.3 is 10.5 Å². The highest BCUT2D eigenvalue weighted by atomic mass is 16.5. The van der Waals surface area contributed by atoms with Gasteiger partial charge in [-0.3, -0.25) is 0 Å². The molecule has 15 heavy (non-hydrogen) atoms. The van der Waals surface area contributed by atoms with E-state index in [0.717, 1.165) is 11.3 Å². The number of nitrogens with zero attached hydrogens (tertiary/aromatic N) is 1. The summed E-state index contributed by atoms with van der Waals surface area (Å²) in [6.45, 7) is 3.31. The first-order valence-corrected chi connectivity index (χ1v) is 5.05. The van der Waals surface area contributed by atoms with Crippen molar-refractivity contribution in [1.82, 2.24) is 0 Å². The Morgan fingerprint density at radius 1 is 1.40 bits per heavy atom. The lowest BCUT2D eigenvalue weighted by Gasteiger charge is -2.10. The normalized spacial score (nSPS) is 11.8. The van der Waals surface area contributed by atoms with E-state index in [-0.39, 0.29) is 0 Å². The first-order valence-electron chi connectivity index (χ1n) is 5.05. The Balaban J connectivity index is 2.46. The van der Waals surface area contributed by atoms with E-state index in [1.165, 1.54) is 0 Å². The van der Waals surface area contributed by atoms with Gasteiger partial charge in [0.05, 0.1) is 19.1 Å². The Morgan fingerprint density at radius 2 is 2.07 bits per heavy atom. The minimum atomic E-state index is 0.365. The van der Waals surface area contributed by atoms with Gasteiger partial charge in [0.1, 0.15) is 5.75 Å². The van der Waals surface area contributed by atoms with Crippen LogP contribution in [0.15, 0.2) is 24.3 Å². The molecule has 0 spiro atoms. The zero-order valence-electron chi connectivity index (χ0n) is 8.94. The summed E-state index contributed by atoms with van der Waals surface area (Å²) in [6, 6.07) is 9.69. The second-order valence-corrected chi connectivity index (χ2v) is 3.63. The van der Waals surface area contributed by atoms with Crippen LogP contribution >= 0.6 is 0 Å². The van der Waals surface area contributed by atoms with Crippen molar-refractivity contribution in [3.05, 3.63) is 29.8 Å². The molecule has 0 aliphatic rings. The lowest BCUT2D eigenvalue weighted by atomic mass is 10.1. The van der Waals surface area contributed by atoms with Crippen molar-refractivity contribution in [2.24, 2.45) is 11.7 Å². The van der Waals surface area contributed by atoms with Crippen molar-refractivity contribution in [3.8, 4) is 11.8 Å². The van der Waals surface area contributed by atoms with E-state index in [2.05, 4.69) is 6.07 Å². The van der Waals surface area contributed by atoms with Gasteiger partial charge in [0.15, 0.2) is 0 Å².